The normalized spacial score (nSPS) is 11.4. The van der Waals surface area contributed by atoms with Crippen LogP contribution in [0, 0.1) is 6.92 Å². The first-order valence-electron chi connectivity index (χ1n) is 11.1. The number of benzene rings is 3. The van der Waals surface area contributed by atoms with Gasteiger partial charge in [0.25, 0.3) is 0 Å². The van der Waals surface area contributed by atoms with E-state index in [1.54, 1.807) is 66.4 Å². The van der Waals surface area contributed by atoms with Crippen LogP contribution < -0.4 is 13.1 Å². The van der Waals surface area contributed by atoms with Gasteiger partial charge < -0.3 is 18.2 Å². The molecule has 0 aliphatic rings. The molecule has 3 aromatic rings. The average Bonchev–Trinajstić information content (AvgIpc) is 2.81. The molecule has 0 aliphatic carbocycles. The van der Waals surface area contributed by atoms with Crippen LogP contribution in [0.15, 0.2) is 77.7 Å². The van der Waals surface area contributed by atoms with Gasteiger partial charge in [-0.2, -0.15) is 16.8 Å². The maximum atomic E-state index is 11.4. The predicted octanol–water partition coefficient (Wildman–Crippen LogP) is 4.36. The van der Waals surface area contributed by atoms with Crippen molar-refractivity contribution in [3.05, 3.63) is 89.5 Å². The van der Waals surface area contributed by atoms with Gasteiger partial charge >= 0.3 is 26.2 Å². The van der Waals surface area contributed by atoms with Gasteiger partial charge in [-0.25, -0.2) is 4.79 Å². The van der Waals surface area contributed by atoms with E-state index in [4.69, 9.17) is 18.2 Å². The van der Waals surface area contributed by atoms with Gasteiger partial charge in [0, 0.05) is 10.6 Å². The van der Waals surface area contributed by atoms with Gasteiger partial charge in [0.15, 0.2) is 6.61 Å². The van der Waals surface area contributed by atoms with Crippen LogP contribution in [0.25, 0.3) is 5.57 Å². The number of carbonyl (C=O) groups is 1. The number of carboxylic acid groups (broad SMARTS) is 1. The molecule has 0 radical (unpaired) electrons. The molecule has 0 spiro atoms. The summed E-state index contributed by atoms with van der Waals surface area (Å²) >= 11 is 1.55. The Balaban J connectivity index is 1.85. The fraction of sp³-hybridized carbons (Fsp3) is 0.192. The summed E-state index contributed by atoms with van der Waals surface area (Å²) in [6.07, 6.45) is 3.93. The Hall–Kier alpha value is -3.48. The van der Waals surface area contributed by atoms with Crippen molar-refractivity contribution in [3.8, 4) is 17.2 Å². The van der Waals surface area contributed by atoms with Crippen LogP contribution in [0.1, 0.15) is 16.7 Å². The van der Waals surface area contributed by atoms with E-state index in [-0.39, 0.29) is 11.5 Å². The Kier molecular flexibility index (Phi) is 9.47. The molecule has 0 saturated carbocycles. The van der Waals surface area contributed by atoms with E-state index in [1.165, 1.54) is 0 Å². The molecule has 202 valence electrons. The van der Waals surface area contributed by atoms with Gasteiger partial charge in [-0.05, 0) is 71.7 Å². The van der Waals surface area contributed by atoms with Crippen molar-refractivity contribution in [2.45, 2.75) is 11.8 Å². The maximum absolute atomic E-state index is 11.4. The average molecular weight is 579 g/mol. The van der Waals surface area contributed by atoms with Crippen molar-refractivity contribution < 1.29 is 39.8 Å². The van der Waals surface area contributed by atoms with Gasteiger partial charge in [-0.1, -0.05) is 30.3 Å². The number of ether oxygens (including phenoxy) is 1. The standard InChI is InChI=1S/C26H26O9S3/c1-18-16-23(12-13-25(18)33-17-26(27)28)36-15-14-24(19-4-8-21(9-5-19)34-37(2,29)30)20-6-10-22(11-7-20)35-38(3,31)32/h4-14,16H,15,17H2,1-3H3,(H,27,28). The molecular weight excluding hydrogens is 552 g/mol. The van der Waals surface area contributed by atoms with Crippen LogP contribution in [-0.2, 0) is 25.0 Å². The molecule has 3 aromatic carbocycles. The van der Waals surface area contributed by atoms with E-state index in [0.717, 1.165) is 39.7 Å². The highest BCUT2D eigenvalue weighted by Crippen LogP contribution is 2.30. The molecular formula is C26H26O9S3. The Morgan fingerprint density at radius 2 is 1.34 bits per heavy atom. The van der Waals surface area contributed by atoms with Crippen LogP contribution in [0.3, 0.4) is 0 Å². The summed E-state index contributed by atoms with van der Waals surface area (Å²) in [5.74, 6) is 0.381. The van der Waals surface area contributed by atoms with Crippen LogP contribution in [0.2, 0.25) is 0 Å². The second-order valence-electron chi connectivity index (χ2n) is 8.16. The lowest BCUT2D eigenvalue weighted by Gasteiger charge is -2.12. The molecule has 0 amide bonds. The van der Waals surface area contributed by atoms with Crippen LogP contribution in [0.5, 0.6) is 17.2 Å². The lowest BCUT2D eigenvalue weighted by Crippen LogP contribution is -2.09. The first kappa shape index (κ1) is 29.1. The third-order valence-corrected chi connectivity index (χ3v) is 6.77. The number of carboxylic acids is 1. The predicted molar refractivity (Wildman–Crippen MR) is 146 cm³/mol. The van der Waals surface area contributed by atoms with Crippen LogP contribution in [-0.4, -0.2) is 52.8 Å². The summed E-state index contributed by atoms with van der Waals surface area (Å²) in [5, 5.41) is 8.80. The van der Waals surface area contributed by atoms with Crippen molar-refractivity contribution in [2.24, 2.45) is 0 Å². The molecule has 1 N–H and O–H groups in total. The zero-order valence-corrected chi connectivity index (χ0v) is 23.2. The summed E-state index contributed by atoms with van der Waals surface area (Å²) in [5.41, 5.74) is 3.21. The second-order valence-corrected chi connectivity index (χ2v) is 12.4. The Bertz CT molecular complexity index is 1450. The number of rotatable bonds is 12. The molecule has 0 heterocycles. The van der Waals surface area contributed by atoms with Gasteiger partial charge in [-0.3, -0.25) is 0 Å². The van der Waals surface area contributed by atoms with Crippen LogP contribution >= 0.6 is 11.8 Å². The first-order chi connectivity index (χ1) is 17.8. The van der Waals surface area contributed by atoms with Crippen molar-refractivity contribution >= 4 is 43.5 Å². The molecule has 0 atom stereocenters. The van der Waals surface area contributed by atoms with Crippen LogP contribution in [0.4, 0.5) is 0 Å². The summed E-state index contributed by atoms with van der Waals surface area (Å²) in [7, 11) is -7.32. The molecule has 3 rings (SSSR count). The maximum Gasteiger partial charge on any atom is 0.341 e. The van der Waals surface area contributed by atoms with Gasteiger partial charge in [0.05, 0.1) is 12.5 Å². The van der Waals surface area contributed by atoms with Crippen molar-refractivity contribution in [2.75, 3.05) is 24.9 Å². The highest BCUT2D eigenvalue weighted by Gasteiger charge is 2.11. The van der Waals surface area contributed by atoms with E-state index >= 15 is 0 Å². The molecule has 0 unspecified atom stereocenters. The minimum Gasteiger partial charge on any atom is -0.482 e. The number of aryl methyl sites for hydroxylation is 1. The highest BCUT2D eigenvalue weighted by molar-refractivity contribution is 7.99. The molecule has 0 fully saturated rings. The topological polar surface area (TPSA) is 133 Å². The number of thioether (sulfide) groups is 1. The van der Waals surface area contributed by atoms with Gasteiger partial charge in [0.1, 0.15) is 17.2 Å². The fourth-order valence-corrected chi connectivity index (χ4v) is 5.15. The van der Waals surface area contributed by atoms with Gasteiger partial charge in [-0.15, -0.1) is 11.8 Å². The van der Waals surface area contributed by atoms with E-state index < -0.39 is 32.8 Å². The third kappa shape index (κ3) is 9.43. The SMILES string of the molecule is Cc1cc(SCC=C(c2ccc(OS(C)(=O)=O)cc2)c2ccc(OS(C)(=O)=O)cc2)ccc1OCC(=O)O. The van der Waals surface area contributed by atoms with E-state index in [9.17, 15) is 21.6 Å². The molecule has 0 bridgehead atoms. The molecule has 0 aliphatic heterocycles. The Morgan fingerprint density at radius 3 is 1.76 bits per heavy atom. The summed E-state index contributed by atoms with van der Waals surface area (Å²) < 4.78 is 60.9. The quantitative estimate of drug-likeness (QED) is 0.244. The van der Waals surface area contributed by atoms with Crippen molar-refractivity contribution in [3.63, 3.8) is 0 Å². The highest BCUT2D eigenvalue weighted by atomic mass is 32.2. The van der Waals surface area contributed by atoms with Gasteiger partial charge in [0.2, 0.25) is 0 Å². The Labute approximate surface area is 226 Å². The lowest BCUT2D eigenvalue weighted by molar-refractivity contribution is -0.139. The first-order valence-corrected chi connectivity index (χ1v) is 15.7. The summed E-state index contributed by atoms with van der Waals surface area (Å²) in [6, 6.07) is 18.6. The molecule has 38 heavy (non-hydrogen) atoms. The molecule has 0 aromatic heterocycles. The fourth-order valence-electron chi connectivity index (χ4n) is 3.37. The zero-order chi connectivity index (χ0) is 27.9. The zero-order valence-electron chi connectivity index (χ0n) is 20.8. The minimum atomic E-state index is -3.66. The van der Waals surface area contributed by atoms with E-state index in [2.05, 4.69) is 0 Å². The van der Waals surface area contributed by atoms with Crippen molar-refractivity contribution in [1.82, 2.24) is 0 Å². The van der Waals surface area contributed by atoms with E-state index in [1.807, 2.05) is 25.1 Å². The largest absolute Gasteiger partial charge is 0.482 e. The molecule has 0 saturated heterocycles. The molecule has 12 heteroatoms. The number of hydrogen-bond donors (Lipinski definition) is 1. The monoisotopic (exact) mass is 578 g/mol. The van der Waals surface area contributed by atoms with Crippen molar-refractivity contribution in [1.29, 1.82) is 0 Å². The second kappa shape index (κ2) is 12.4. The summed E-state index contributed by atoms with van der Waals surface area (Å²) in [6.45, 7) is 1.42. The van der Waals surface area contributed by atoms with E-state index in [0.29, 0.717) is 11.5 Å². The Morgan fingerprint density at radius 1 is 0.842 bits per heavy atom. The molecule has 9 nitrogen and oxygen atoms in total. The smallest absolute Gasteiger partial charge is 0.341 e. The number of hydrogen-bond acceptors (Lipinski definition) is 9. The summed E-state index contributed by atoms with van der Waals surface area (Å²) in [4.78, 5) is 11.7. The minimum absolute atomic E-state index is 0.183. The number of aliphatic carboxylic acids is 1. The lowest BCUT2D eigenvalue weighted by atomic mass is 9.97. The third-order valence-electron chi connectivity index (χ3n) is 4.86.